The Kier molecular flexibility index (Phi) is 4.36. The average Bonchev–Trinajstić information content (AvgIpc) is 2.47. The van der Waals surface area contributed by atoms with Crippen molar-refractivity contribution in [1.82, 2.24) is 21.3 Å². The maximum atomic E-state index is 12.4. The van der Waals surface area contributed by atoms with Crippen LogP contribution in [0.15, 0.2) is 0 Å². The molecule has 24 heavy (non-hydrogen) atoms. The number of carbonyl (C=O) groups excluding carboxylic acids is 6. The second-order valence-electron chi connectivity index (χ2n) is 4.70. The summed E-state index contributed by atoms with van der Waals surface area (Å²) in [5, 5.41) is 7.03. The van der Waals surface area contributed by atoms with Gasteiger partial charge in [0, 0.05) is 13.2 Å². The first-order valence-corrected chi connectivity index (χ1v) is 6.87. The molecule has 0 bridgehead atoms. The Balaban J connectivity index is 2.73. The van der Waals surface area contributed by atoms with Gasteiger partial charge in [0.1, 0.15) is 0 Å². The fraction of sp³-hybridized carbons (Fsp3) is 0.500. The summed E-state index contributed by atoms with van der Waals surface area (Å²) in [6.07, 6.45) is 0. The Hall–Kier alpha value is -2.86. The van der Waals surface area contributed by atoms with Gasteiger partial charge in [-0.15, -0.1) is 0 Å². The van der Waals surface area contributed by atoms with Gasteiger partial charge < -0.3 is 9.47 Å². The zero-order valence-electron chi connectivity index (χ0n) is 12.7. The third-order valence-corrected chi connectivity index (χ3v) is 3.40. The standard InChI is InChI=1S/C12H14N4O8/c1-3-23-11(5(17)13-9(21)14-6(11)18)12(24-4-2)7(19)15-10(22)16-8(12)20/h3-4H2,1-2H3,(H2,13,14,17,18,21)(H2,15,16,19,20,22). The van der Waals surface area contributed by atoms with Crippen molar-refractivity contribution in [2.45, 2.75) is 25.0 Å². The van der Waals surface area contributed by atoms with Crippen LogP contribution in [0, 0.1) is 0 Å². The zero-order valence-corrected chi connectivity index (χ0v) is 12.7. The van der Waals surface area contributed by atoms with Crippen LogP contribution in [0.2, 0.25) is 0 Å². The van der Waals surface area contributed by atoms with E-state index in [1.54, 1.807) is 21.3 Å². The van der Waals surface area contributed by atoms with Gasteiger partial charge in [-0.25, -0.2) is 9.59 Å². The number of urea groups is 2. The molecular formula is C12H14N4O8. The number of imide groups is 4. The number of barbiturate groups is 2. The van der Waals surface area contributed by atoms with Crippen molar-refractivity contribution in [3.63, 3.8) is 0 Å². The van der Waals surface area contributed by atoms with E-state index in [9.17, 15) is 28.8 Å². The number of rotatable bonds is 5. The molecule has 0 saturated carbocycles. The summed E-state index contributed by atoms with van der Waals surface area (Å²) in [4.78, 5) is 72.4. The Morgan fingerprint density at radius 3 is 1.08 bits per heavy atom. The lowest BCUT2D eigenvalue weighted by Crippen LogP contribution is -2.85. The van der Waals surface area contributed by atoms with Crippen molar-refractivity contribution in [1.29, 1.82) is 0 Å². The van der Waals surface area contributed by atoms with Gasteiger partial charge >= 0.3 is 12.1 Å². The van der Waals surface area contributed by atoms with Crippen LogP contribution >= 0.6 is 0 Å². The highest BCUT2D eigenvalue weighted by Crippen LogP contribution is 2.35. The minimum Gasteiger partial charge on any atom is -0.353 e. The molecule has 0 radical (unpaired) electrons. The SMILES string of the molecule is CCOC1(C2(OCC)C(=O)NC(=O)NC2=O)C(=O)NC(=O)NC1=O. The minimum absolute atomic E-state index is 0.293. The van der Waals surface area contributed by atoms with Gasteiger partial charge in [0.25, 0.3) is 34.8 Å². The highest BCUT2D eigenvalue weighted by molar-refractivity contribution is 6.33. The molecule has 4 N–H and O–H groups in total. The molecule has 0 aromatic rings. The van der Waals surface area contributed by atoms with E-state index >= 15 is 0 Å². The fourth-order valence-electron chi connectivity index (χ4n) is 2.57. The molecule has 12 heteroatoms. The lowest BCUT2D eigenvalue weighted by molar-refractivity contribution is -0.213. The molecule has 2 fully saturated rings. The topological polar surface area (TPSA) is 169 Å². The molecule has 0 unspecified atom stereocenters. The molecule has 0 aromatic heterocycles. The first kappa shape index (κ1) is 17.5. The van der Waals surface area contributed by atoms with Crippen molar-refractivity contribution in [3.05, 3.63) is 0 Å². The van der Waals surface area contributed by atoms with Gasteiger partial charge in [0.15, 0.2) is 0 Å². The van der Waals surface area contributed by atoms with E-state index in [2.05, 4.69) is 0 Å². The molecule has 0 aromatic carbocycles. The van der Waals surface area contributed by atoms with Crippen LogP contribution < -0.4 is 21.3 Å². The lowest BCUT2D eigenvalue weighted by atomic mass is 9.76. The molecule has 130 valence electrons. The zero-order chi connectivity index (χ0) is 18.1. The summed E-state index contributed by atoms with van der Waals surface area (Å²) in [7, 11) is 0. The van der Waals surface area contributed by atoms with E-state index in [4.69, 9.17) is 9.47 Å². The van der Waals surface area contributed by atoms with Gasteiger partial charge in [-0.1, -0.05) is 0 Å². The lowest BCUT2D eigenvalue weighted by Gasteiger charge is -2.46. The number of ether oxygens (including phenoxy) is 2. The van der Waals surface area contributed by atoms with E-state index in [0.717, 1.165) is 0 Å². The number of hydrogen-bond donors (Lipinski definition) is 4. The fourth-order valence-corrected chi connectivity index (χ4v) is 2.57. The molecule has 2 rings (SSSR count). The van der Waals surface area contributed by atoms with Crippen LogP contribution in [0.1, 0.15) is 13.8 Å². The van der Waals surface area contributed by atoms with E-state index in [1.165, 1.54) is 13.8 Å². The highest BCUT2D eigenvalue weighted by atomic mass is 16.6. The van der Waals surface area contributed by atoms with Crippen LogP contribution in [-0.4, -0.2) is 60.1 Å². The summed E-state index contributed by atoms with van der Waals surface area (Å²) < 4.78 is 10.4. The Morgan fingerprint density at radius 1 is 0.625 bits per heavy atom. The molecule has 0 aliphatic carbocycles. The summed E-state index contributed by atoms with van der Waals surface area (Å²) >= 11 is 0. The third kappa shape index (κ3) is 2.15. The van der Waals surface area contributed by atoms with Crippen molar-refractivity contribution in [3.8, 4) is 0 Å². The summed E-state index contributed by atoms with van der Waals surface area (Å²) in [5.74, 6) is -5.48. The maximum absolute atomic E-state index is 12.4. The van der Waals surface area contributed by atoms with Crippen molar-refractivity contribution in [2.75, 3.05) is 13.2 Å². The molecule has 2 aliphatic heterocycles. The monoisotopic (exact) mass is 342 g/mol. The van der Waals surface area contributed by atoms with Crippen LogP contribution in [-0.2, 0) is 28.7 Å². The molecule has 12 nitrogen and oxygen atoms in total. The van der Waals surface area contributed by atoms with Crippen molar-refractivity contribution >= 4 is 35.7 Å². The van der Waals surface area contributed by atoms with E-state index in [1.807, 2.05) is 0 Å². The normalized spacial score (nSPS) is 22.4. The number of hydrogen-bond acceptors (Lipinski definition) is 8. The van der Waals surface area contributed by atoms with Crippen molar-refractivity contribution < 1.29 is 38.2 Å². The average molecular weight is 342 g/mol. The van der Waals surface area contributed by atoms with Crippen LogP contribution in [0.4, 0.5) is 9.59 Å². The van der Waals surface area contributed by atoms with E-state index < -0.39 is 46.9 Å². The molecule has 8 amide bonds. The second kappa shape index (κ2) is 5.98. The van der Waals surface area contributed by atoms with Gasteiger partial charge in [0.2, 0.25) is 0 Å². The predicted octanol–water partition coefficient (Wildman–Crippen LogP) is -2.73. The van der Waals surface area contributed by atoms with Gasteiger partial charge in [-0.05, 0) is 13.8 Å². The maximum Gasteiger partial charge on any atom is 0.328 e. The van der Waals surface area contributed by atoms with Crippen LogP contribution in [0.3, 0.4) is 0 Å². The first-order valence-electron chi connectivity index (χ1n) is 6.87. The van der Waals surface area contributed by atoms with Gasteiger partial charge in [-0.2, -0.15) is 0 Å². The Bertz CT molecular complexity index is 561. The smallest absolute Gasteiger partial charge is 0.328 e. The van der Waals surface area contributed by atoms with Gasteiger partial charge in [0.05, 0.1) is 0 Å². The first-order chi connectivity index (χ1) is 11.3. The highest BCUT2D eigenvalue weighted by Gasteiger charge is 2.75. The van der Waals surface area contributed by atoms with E-state index in [-0.39, 0.29) is 13.2 Å². The molecule has 2 saturated heterocycles. The predicted molar refractivity (Wildman–Crippen MR) is 72.1 cm³/mol. The second-order valence-corrected chi connectivity index (χ2v) is 4.70. The van der Waals surface area contributed by atoms with E-state index in [0.29, 0.717) is 0 Å². The summed E-state index contributed by atoms with van der Waals surface area (Å²) in [5.41, 5.74) is -5.69. The third-order valence-electron chi connectivity index (χ3n) is 3.40. The quantitative estimate of drug-likeness (QED) is 0.390. The summed E-state index contributed by atoms with van der Waals surface area (Å²) in [6, 6.07) is -2.31. The molecule has 0 atom stereocenters. The Morgan fingerprint density at radius 2 is 0.875 bits per heavy atom. The van der Waals surface area contributed by atoms with Gasteiger partial charge in [-0.3, -0.25) is 40.4 Å². The minimum atomic E-state index is -2.85. The number of carbonyl (C=O) groups is 6. The number of nitrogens with one attached hydrogen (secondary N) is 4. The molecule has 2 heterocycles. The van der Waals surface area contributed by atoms with Crippen LogP contribution in [0.25, 0.3) is 0 Å². The largest absolute Gasteiger partial charge is 0.353 e. The summed E-state index contributed by atoms with van der Waals surface area (Å²) in [6.45, 7) is 2.20. The number of amides is 8. The van der Waals surface area contributed by atoms with Crippen molar-refractivity contribution in [2.24, 2.45) is 0 Å². The Labute approximate surface area is 134 Å². The molecule has 0 spiro atoms. The molecule has 2 aliphatic rings. The van der Waals surface area contributed by atoms with Crippen LogP contribution in [0.5, 0.6) is 0 Å². The molecular weight excluding hydrogens is 328 g/mol.